The Morgan fingerprint density at radius 3 is 1.64 bits per heavy atom. The van der Waals surface area contributed by atoms with E-state index in [1.807, 2.05) is 0 Å². The van der Waals surface area contributed by atoms with E-state index in [1.165, 1.54) is 16.8 Å². The van der Waals surface area contributed by atoms with Crippen LogP contribution in [-0.2, 0) is 29.1 Å². The van der Waals surface area contributed by atoms with Crippen LogP contribution in [0.1, 0.15) is 60.1 Å². The minimum Gasteiger partial charge on any atom is -0.299 e. The minimum absolute atomic E-state index is 0.0261. The number of aryl methyl sites for hydroxylation is 6. The molecule has 0 atom stereocenters. The molecule has 0 unspecified atom stereocenters. The zero-order valence-corrected chi connectivity index (χ0v) is 18.3. The highest BCUT2D eigenvalue weighted by atomic mass is 16.1. The summed E-state index contributed by atoms with van der Waals surface area (Å²) in [5.74, 6) is 0.0556. The summed E-state index contributed by atoms with van der Waals surface area (Å²) in [6.45, 7) is 13.8. The van der Waals surface area contributed by atoms with E-state index >= 15 is 0 Å². The third-order valence-corrected chi connectivity index (χ3v) is 5.31. The van der Waals surface area contributed by atoms with Crippen molar-refractivity contribution in [3.63, 3.8) is 0 Å². The first-order valence-electron chi connectivity index (χ1n) is 10.2. The van der Waals surface area contributed by atoms with Gasteiger partial charge >= 0.3 is 0 Å². The van der Waals surface area contributed by atoms with E-state index < -0.39 is 0 Å². The molecule has 2 aromatic heterocycles. The Morgan fingerprint density at radius 1 is 0.714 bits per heavy atom. The smallest absolute Gasteiger partial charge is 0.181 e. The van der Waals surface area contributed by atoms with Crippen LogP contribution in [0.25, 0.3) is 0 Å². The Labute approximate surface area is 169 Å². The summed E-state index contributed by atoms with van der Waals surface area (Å²) in [5, 5.41) is 0. The number of pyridine rings is 2. The number of nitrogens with zero attached hydrogens (tertiary/aromatic N) is 2. The monoisotopic (exact) mass is 382 g/mol. The zero-order chi connectivity index (χ0) is 20.8. The van der Waals surface area contributed by atoms with E-state index in [2.05, 4.69) is 74.9 Å². The molecule has 2 aromatic rings. The molecule has 4 nitrogen and oxygen atoms in total. The van der Waals surface area contributed by atoms with E-state index in [0.717, 1.165) is 23.5 Å². The van der Waals surface area contributed by atoms with E-state index in [1.54, 1.807) is 0 Å². The topological polar surface area (TPSA) is 41.9 Å². The van der Waals surface area contributed by atoms with E-state index in [0.29, 0.717) is 25.9 Å². The normalized spacial score (nSPS) is 10.9. The minimum atomic E-state index is 0.0261. The van der Waals surface area contributed by atoms with E-state index in [-0.39, 0.29) is 18.0 Å². The molecule has 0 aromatic carbocycles. The van der Waals surface area contributed by atoms with Gasteiger partial charge in [-0.05, 0) is 25.0 Å². The van der Waals surface area contributed by atoms with Gasteiger partial charge in [-0.2, -0.15) is 9.13 Å². The second-order valence-corrected chi connectivity index (χ2v) is 7.89. The average Bonchev–Trinajstić information content (AvgIpc) is 2.59. The number of Topliss-reactive ketones (excluding diaryl/α,β-unsaturated/α-hetero) is 2. The first-order valence-corrected chi connectivity index (χ1v) is 10.2. The fraction of sp³-hybridized carbons (Fsp3) is 0.500. The molecule has 2 heterocycles. The maximum Gasteiger partial charge on any atom is 0.181 e. The van der Waals surface area contributed by atoms with Gasteiger partial charge in [0.1, 0.15) is 11.6 Å². The molecule has 28 heavy (non-hydrogen) atoms. The Hall–Kier alpha value is -2.36. The molecule has 0 bridgehead atoms. The second-order valence-electron chi connectivity index (χ2n) is 7.89. The van der Waals surface area contributed by atoms with Crippen molar-refractivity contribution >= 4 is 11.6 Å². The summed E-state index contributed by atoms with van der Waals surface area (Å²) in [6, 6.07) is 8.55. The molecule has 0 saturated carbocycles. The molecule has 4 heteroatoms. The average molecular weight is 383 g/mol. The lowest BCUT2D eigenvalue weighted by Crippen LogP contribution is -2.42. The van der Waals surface area contributed by atoms with Gasteiger partial charge in [-0.25, -0.2) is 0 Å². The molecular formula is C24H34N2O2+2. The third-order valence-electron chi connectivity index (χ3n) is 5.31. The molecule has 0 amide bonds. The van der Waals surface area contributed by atoms with Gasteiger partial charge in [-0.3, -0.25) is 9.59 Å². The molecule has 2 rings (SSSR count). The number of hydrogen-bond donors (Lipinski definition) is 0. The number of rotatable bonds is 9. The van der Waals surface area contributed by atoms with Crippen LogP contribution in [0.3, 0.4) is 0 Å². The maximum absolute atomic E-state index is 12.4. The van der Waals surface area contributed by atoms with Gasteiger partial charge < -0.3 is 0 Å². The summed E-state index contributed by atoms with van der Waals surface area (Å²) in [4.78, 5) is 24.7. The van der Waals surface area contributed by atoms with E-state index in [9.17, 15) is 9.59 Å². The SMILES string of the molecule is CCc1cc(C)cc(C)[n+]1CCC(=O)CC(=O)CC[n+]1c(C)cc(C)cc1C. The molecule has 150 valence electrons. The van der Waals surface area contributed by atoms with Gasteiger partial charge in [0.15, 0.2) is 35.9 Å². The molecule has 0 N–H and O–H groups in total. The van der Waals surface area contributed by atoms with Gasteiger partial charge in [0.05, 0.1) is 19.3 Å². The van der Waals surface area contributed by atoms with Crippen LogP contribution in [0.4, 0.5) is 0 Å². The standard InChI is InChI=1S/C24H34N2O2/c1-7-22-15-18(3)14-21(6)26(22)11-9-24(28)16-23(27)8-10-25-19(4)12-17(2)13-20(25)5/h12-15H,7-11,16H2,1-6H3/q+2. The van der Waals surface area contributed by atoms with Crippen molar-refractivity contribution in [1.82, 2.24) is 0 Å². The lowest BCUT2D eigenvalue weighted by Gasteiger charge is -2.07. The largest absolute Gasteiger partial charge is 0.299 e. The predicted octanol–water partition coefficient (Wildman–Crippen LogP) is 3.37. The Kier molecular flexibility index (Phi) is 7.61. The van der Waals surface area contributed by atoms with Crippen LogP contribution < -0.4 is 9.13 Å². The first-order chi connectivity index (χ1) is 13.2. The van der Waals surface area contributed by atoms with E-state index in [4.69, 9.17) is 0 Å². The van der Waals surface area contributed by atoms with Crippen LogP contribution in [0, 0.1) is 34.6 Å². The molecule has 0 spiro atoms. The maximum atomic E-state index is 12.4. The summed E-state index contributed by atoms with van der Waals surface area (Å²) in [6.07, 6.45) is 1.78. The fourth-order valence-corrected chi connectivity index (χ4v) is 3.99. The highest BCUT2D eigenvalue weighted by molar-refractivity contribution is 5.98. The summed E-state index contributed by atoms with van der Waals surface area (Å²) >= 11 is 0. The Morgan fingerprint density at radius 2 is 1.14 bits per heavy atom. The second kappa shape index (κ2) is 9.72. The summed E-state index contributed by atoms with van der Waals surface area (Å²) in [5.41, 5.74) is 7.16. The predicted molar refractivity (Wildman–Crippen MR) is 110 cm³/mol. The van der Waals surface area contributed by atoms with Crippen molar-refractivity contribution in [2.24, 2.45) is 0 Å². The van der Waals surface area contributed by atoms with Crippen molar-refractivity contribution in [1.29, 1.82) is 0 Å². The van der Waals surface area contributed by atoms with Crippen molar-refractivity contribution in [3.05, 3.63) is 58.2 Å². The molecule has 0 radical (unpaired) electrons. The number of carbonyl (C=O) groups is 2. The Bertz CT molecular complexity index is 861. The van der Waals surface area contributed by atoms with Crippen LogP contribution in [0.2, 0.25) is 0 Å². The highest BCUT2D eigenvalue weighted by Gasteiger charge is 2.19. The number of hydrogen-bond acceptors (Lipinski definition) is 2. The van der Waals surface area contributed by atoms with Crippen LogP contribution >= 0.6 is 0 Å². The van der Waals surface area contributed by atoms with Gasteiger partial charge in [0.2, 0.25) is 0 Å². The van der Waals surface area contributed by atoms with Crippen molar-refractivity contribution in [3.8, 4) is 0 Å². The molecular weight excluding hydrogens is 348 g/mol. The fourth-order valence-electron chi connectivity index (χ4n) is 3.99. The molecule has 0 fully saturated rings. The molecule has 0 aliphatic carbocycles. The lowest BCUT2D eigenvalue weighted by molar-refractivity contribution is -0.708. The van der Waals surface area contributed by atoms with Gasteiger partial charge in [-0.15, -0.1) is 0 Å². The molecule has 0 saturated heterocycles. The van der Waals surface area contributed by atoms with Crippen LogP contribution in [-0.4, -0.2) is 11.6 Å². The lowest BCUT2D eigenvalue weighted by atomic mass is 10.1. The van der Waals surface area contributed by atoms with Crippen molar-refractivity contribution < 1.29 is 18.7 Å². The van der Waals surface area contributed by atoms with Gasteiger partial charge in [0.25, 0.3) is 0 Å². The van der Waals surface area contributed by atoms with Crippen molar-refractivity contribution in [2.75, 3.05) is 0 Å². The highest BCUT2D eigenvalue weighted by Crippen LogP contribution is 2.06. The number of carbonyl (C=O) groups excluding carboxylic acids is 2. The third kappa shape index (κ3) is 5.82. The van der Waals surface area contributed by atoms with Crippen LogP contribution in [0.15, 0.2) is 24.3 Å². The molecule has 0 aliphatic heterocycles. The summed E-state index contributed by atoms with van der Waals surface area (Å²) in [7, 11) is 0. The number of ketones is 2. The Balaban J connectivity index is 1.89. The van der Waals surface area contributed by atoms with Gasteiger partial charge in [-0.1, -0.05) is 6.92 Å². The van der Waals surface area contributed by atoms with Crippen LogP contribution in [0.5, 0.6) is 0 Å². The first kappa shape index (κ1) is 21.9. The zero-order valence-electron chi connectivity index (χ0n) is 18.3. The quantitative estimate of drug-likeness (QED) is 0.493. The van der Waals surface area contributed by atoms with Gasteiger partial charge in [0, 0.05) is 51.5 Å². The number of aromatic nitrogens is 2. The summed E-state index contributed by atoms with van der Waals surface area (Å²) < 4.78 is 4.35. The molecule has 0 aliphatic rings. The van der Waals surface area contributed by atoms with Crippen molar-refractivity contribution in [2.45, 2.75) is 80.3 Å².